The van der Waals surface area contributed by atoms with Crippen molar-refractivity contribution >= 4 is 23.8 Å². The Kier molecular flexibility index (Phi) is 7.13. The van der Waals surface area contributed by atoms with E-state index in [-0.39, 0.29) is 22.8 Å². The molecule has 0 aromatic heterocycles. The topological polar surface area (TPSA) is 89.9 Å². The summed E-state index contributed by atoms with van der Waals surface area (Å²) in [7, 11) is 0. The number of hydrogen-bond acceptors (Lipinski definition) is 6. The van der Waals surface area contributed by atoms with Crippen LogP contribution in [0.1, 0.15) is 36.6 Å². The van der Waals surface area contributed by atoms with E-state index in [4.69, 9.17) is 9.47 Å². The number of aromatic hydroxyl groups is 1. The Hall–Kier alpha value is -4.97. The lowest BCUT2D eigenvalue weighted by Crippen LogP contribution is -2.12. The van der Waals surface area contributed by atoms with E-state index >= 15 is 0 Å². The van der Waals surface area contributed by atoms with Crippen LogP contribution in [0.15, 0.2) is 109 Å². The second-order valence-electron chi connectivity index (χ2n) is 7.46. The highest BCUT2D eigenvalue weighted by Gasteiger charge is 2.18. The maximum absolute atomic E-state index is 12.9. The second kappa shape index (κ2) is 10.8. The zero-order valence-corrected chi connectivity index (χ0v) is 18.5. The van der Waals surface area contributed by atoms with Crippen molar-refractivity contribution in [3.63, 3.8) is 0 Å². The summed E-state index contributed by atoms with van der Waals surface area (Å²) >= 11 is 0. The fraction of sp³-hybridized carbons (Fsp3) is 0. The number of benzene rings is 4. The van der Waals surface area contributed by atoms with Gasteiger partial charge in [-0.3, -0.25) is 4.79 Å². The number of carbonyl (C=O) groups is 3. The van der Waals surface area contributed by atoms with Gasteiger partial charge in [0.2, 0.25) is 0 Å². The minimum Gasteiger partial charge on any atom is -0.508 e. The summed E-state index contributed by atoms with van der Waals surface area (Å²) in [4.78, 5) is 38.1. The predicted octanol–water partition coefficient (Wildman–Crippen LogP) is 5.73. The molecule has 0 unspecified atom stereocenters. The molecule has 0 atom stereocenters. The van der Waals surface area contributed by atoms with Gasteiger partial charge >= 0.3 is 11.9 Å². The number of phenolic OH excluding ortho intramolecular Hbond substituents is 1. The number of carbonyl (C=O) groups excluding carboxylic acids is 3. The molecule has 0 amide bonds. The molecule has 0 saturated heterocycles. The Morgan fingerprint density at radius 2 is 1.23 bits per heavy atom. The van der Waals surface area contributed by atoms with Crippen LogP contribution in [0.5, 0.6) is 17.2 Å². The van der Waals surface area contributed by atoms with Crippen molar-refractivity contribution in [3.8, 4) is 17.2 Å². The maximum Gasteiger partial charge on any atom is 0.343 e. The fourth-order valence-electron chi connectivity index (χ4n) is 3.17. The van der Waals surface area contributed by atoms with E-state index in [0.29, 0.717) is 16.7 Å². The first kappa shape index (κ1) is 23.2. The average Bonchev–Trinajstić information content (AvgIpc) is 2.89. The summed E-state index contributed by atoms with van der Waals surface area (Å²) in [5.74, 6) is -1.48. The van der Waals surface area contributed by atoms with Crippen LogP contribution in [-0.2, 0) is 0 Å². The van der Waals surface area contributed by atoms with Gasteiger partial charge in [0.25, 0.3) is 0 Å². The molecule has 0 heterocycles. The SMILES string of the molecule is O=C(Oc1ccc(C(=O)/C=C/c2ccc(O)cc2)c(OC(=O)c2ccccc2)c1)c1ccccc1. The standard InChI is InChI=1S/C29H20O6/c30-23-14-11-20(12-15-23)13-18-26(31)25-17-16-24(34-28(32)21-7-3-1-4-8-21)19-27(25)35-29(33)22-9-5-2-6-10-22/h1-19,30H/b18-13+. The van der Waals surface area contributed by atoms with Gasteiger partial charge in [0, 0.05) is 6.07 Å². The van der Waals surface area contributed by atoms with Crippen molar-refractivity contribution in [1.29, 1.82) is 0 Å². The molecule has 6 heteroatoms. The van der Waals surface area contributed by atoms with Crippen molar-refractivity contribution < 1.29 is 29.0 Å². The van der Waals surface area contributed by atoms with Gasteiger partial charge in [-0.25, -0.2) is 9.59 Å². The van der Waals surface area contributed by atoms with Crippen molar-refractivity contribution in [1.82, 2.24) is 0 Å². The first-order valence-corrected chi connectivity index (χ1v) is 10.7. The number of rotatable bonds is 7. The monoisotopic (exact) mass is 464 g/mol. The molecule has 0 fully saturated rings. The van der Waals surface area contributed by atoms with Gasteiger partial charge in [-0.05, 0) is 60.2 Å². The molecule has 172 valence electrons. The number of ether oxygens (including phenoxy) is 2. The van der Waals surface area contributed by atoms with E-state index < -0.39 is 17.7 Å². The highest BCUT2D eigenvalue weighted by molar-refractivity contribution is 6.09. The number of hydrogen-bond donors (Lipinski definition) is 1. The van der Waals surface area contributed by atoms with Gasteiger partial charge < -0.3 is 14.6 Å². The third-order valence-electron chi connectivity index (χ3n) is 4.97. The van der Waals surface area contributed by atoms with Crippen LogP contribution >= 0.6 is 0 Å². The Balaban J connectivity index is 1.62. The molecule has 4 aromatic rings. The molecule has 0 aliphatic carbocycles. The molecular formula is C29H20O6. The van der Waals surface area contributed by atoms with Crippen LogP contribution < -0.4 is 9.47 Å². The van der Waals surface area contributed by atoms with Crippen LogP contribution in [0, 0.1) is 0 Å². The normalized spacial score (nSPS) is 10.6. The molecule has 6 nitrogen and oxygen atoms in total. The van der Waals surface area contributed by atoms with Crippen LogP contribution in [0.2, 0.25) is 0 Å². The van der Waals surface area contributed by atoms with Crippen molar-refractivity contribution in [2.24, 2.45) is 0 Å². The summed E-state index contributed by atoms with van der Waals surface area (Å²) in [6.45, 7) is 0. The van der Waals surface area contributed by atoms with Crippen molar-refractivity contribution in [2.45, 2.75) is 0 Å². The summed E-state index contributed by atoms with van der Waals surface area (Å²) < 4.78 is 11.0. The first-order valence-electron chi connectivity index (χ1n) is 10.7. The molecule has 0 bridgehead atoms. The van der Waals surface area contributed by atoms with E-state index in [1.165, 1.54) is 36.4 Å². The third-order valence-corrected chi connectivity index (χ3v) is 4.97. The summed E-state index contributed by atoms with van der Waals surface area (Å²) in [6, 6.07) is 27.3. The minimum absolute atomic E-state index is 0.0439. The van der Waals surface area contributed by atoms with Crippen LogP contribution in [0.25, 0.3) is 6.08 Å². The van der Waals surface area contributed by atoms with E-state index in [9.17, 15) is 19.5 Å². The van der Waals surface area contributed by atoms with Gasteiger partial charge in [0.05, 0.1) is 16.7 Å². The molecule has 4 aromatic carbocycles. The van der Waals surface area contributed by atoms with Crippen LogP contribution in [0.4, 0.5) is 0 Å². The molecule has 0 spiro atoms. The average molecular weight is 464 g/mol. The largest absolute Gasteiger partial charge is 0.508 e. The number of phenols is 1. The highest BCUT2D eigenvalue weighted by Crippen LogP contribution is 2.28. The van der Waals surface area contributed by atoms with E-state index in [0.717, 1.165) is 0 Å². The van der Waals surface area contributed by atoms with Gasteiger partial charge in [-0.15, -0.1) is 0 Å². The van der Waals surface area contributed by atoms with E-state index in [1.807, 2.05) is 0 Å². The van der Waals surface area contributed by atoms with Crippen LogP contribution in [0.3, 0.4) is 0 Å². The number of allylic oxidation sites excluding steroid dienone is 1. The molecule has 0 radical (unpaired) electrons. The quantitative estimate of drug-likeness (QED) is 0.163. The van der Waals surface area contributed by atoms with Gasteiger partial charge in [0.15, 0.2) is 5.78 Å². The summed E-state index contributed by atoms with van der Waals surface area (Å²) in [6.07, 6.45) is 2.91. The molecular weight excluding hydrogens is 444 g/mol. The lowest BCUT2D eigenvalue weighted by molar-refractivity contribution is 0.0732. The highest BCUT2D eigenvalue weighted by atomic mass is 16.5. The van der Waals surface area contributed by atoms with Gasteiger partial charge in [-0.2, -0.15) is 0 Å². The number of ketones is 1. The Morgan fingerprint density at radius 3 is 1.83 bits per heavy atom. The van der Waals surface area contributed by atoms with Gasteiger partial charge in [0.1, 0.15) is 17.2 Å². The van der Waals surface area contributed by atoms with E-state index in [1.54, 1.807) is 78.9 Å². The summed E-state index contributed by atoms with van der Waals surface area (Å²) in [5, 5.41) is 9.41. The predicted molar refractivity (Wildman–Crippen MR) is 131 cm³/mol. The lowest BCUT2D eigenvalue weighted by atomic mass is 10.1. The smallest absolute Gasteiger partial charge is 0.343 e. The van der Waals surface area contributed by atoms with E-state index in [2.05, 4.69) is 0 Å². The zero-order chi connectivity index (χ0) is 24.6. The third kappa shape index (κ3) is 6.09. The second-order valence-corrected chi connectivity index (χ2v) is 7.46. The molecule has 35 heavy (non-hydrogen) atoms. The lowest BCUT2D eigenvalue weighted by Gasteiger charge is -2.11. The molecule has 0 aliphatic heterocycles. The zero-order valence-electron chi connectivity index (χ0n) is 18.5. The summed E-state index contributed by atoms with van der Waals surface area (Å²) in [5.41, 5.74) is 1.47. The van der Waals surface area contributed by atoms with Crippen molar-refractivity contribution in [2.75, 3.05) is 0 Å². The minimum atomic E-state index is -0.659. The molecule has 0 aliphatic rings. The van der Waals surface area contributed by atoms with Crippen LogP contribution in [-0.4, -0.2) is 22.8 Å². The molecule has 0 saturated carbocycles. The fourth-order valence-corrected chi connectivity index (χ4v) is 3.17. The molecule has 4 rings (SSSR count). The Morgan fingerprint density at radius 1 is 0.657 bits per heavy atom. The van der Waals surface area contributed by atoms with Crippen molar-refractivity contribution in [3.05, 3.63) is 131 Å². The first-order chi connectivity index (χ1) is 17.0. The number of esters is 2. The Bertz CT molecular complexity index is 1370. The maximum atomic E-state index is 12.9. The van der Waals surface area contributed by atoms with Gasteiger partial charge in [-0.1, -0.05) is 54.6 Å². The Labute approximate surface area is 201 Å². The molecule has 1 N–H and O–H groups in total.